The highest BCUT2D eigenvalue weighted by Crippen LogP contribution is 2.37. The summed E-state index contributed by atoms with van der Waals surface area (Å²) in [5.74, 6) is 0. The second-order valence-corrected chi connectivity index (χ2v) is 7.14. The van der Waals surface area contributed by atoms with Crippen LogP contribution in [-0.2, 0) is 9.47 Å². The van der Waals surface area contributed by atoms with Gasteiger partial charge in [-0.1, -0.05) is 22.0 Å². The normalized spacial score (nSPS) is 44.8. The Hall–Kier alpha value is -1.35. The average Bonchev–Trinajstić information content (AvgIpc) is 2.66. The van der Waals surface area contributed by atoms with Crippen molar-refractivity contribution in [3.05, 3.63) is 20.9 Å². The average molecular weight is 408 g/mol. The van der Waals surface area contributed by atoms with Crippen LogP contribution in [0.15, 0.2) is 10.2 Å². The molecule has 2 saturated heterocycles. The van der Waals surface area contributed by atoms with Crippen LogP contribution in [0.3, 0.4) is 0 Å². The van der Waals surface area contributed by atoms with Crippen LogP contribution >= 0.6 is 11.8 Å². The van der Waals surface area contributed by atoms with Crippen LogP contribution in [0.2, 0.25) is 0 Å². The molecule has 14 nitrogen and oxygen atoms in total. The maximum Gasteiger partial charge on any atom is 0.132 e. The maximum absolute atomic E-state index is 10.3. The lowest BCUT2D eigenvalue weighted by molar-refractivity contribution is -0.170. The zero-order chi connectivity index (χ0) is 20.1. The predicted molar refractivity (Wildman–Crippen MR) is 89.0 cm³/mol. The molecule has 2 heterocycles. The SMILES string of the molecule is [N-]=[N+]=N[C@@H]1[C@@H](O)[C@@H](CO)O[C@@H](S[C@@H]2O[C@H](CO)[C@H](O)[C@@H](N=[N+]=[N-])[C@H]2O)[C@@H]1O. The molecule has 0 amide bonds. The summed E-state index contributed by atoms with van der Waals surface area (Å²) in [6, 6.07) is -2.66. The van der Waals surface area contributed by atoms with Gasteiger partial charge in [0.2, 0.25) is 0 Å². The van der Waals surface area contributed by atoms with Crippen molar-refractivity contribution in [2.45, 2.75) is 59.6 Å². The number of nitrogens with zero attached hydrogens (tertiary/aromatic N) is 6. The largest absolute Gasteiger partial charge is 0.394 e. The molecule has 15 heteroatoms. The number of aliphatic hydroxyl groups is 6. The molecule has 10 atom stereocenters. The molecule has 2 aliphatic heterocycles. The molecule has 27 heavy (non-hydrogen) atoms. The topological polar surface area (TPSA) is 237 Å². The smallest absolute Gasteiger partial charge is 0.132 e. The van der Waals surface area contributed by atoms with Gasteiger partial charge in [-0.3, -0.25) is 0 Å². The van der Waals surface area contributed by atoms with Crippen molar-refractivity contribution in [2.24, 2.45) is 10.2 Å². The number of rotatable bonds is 6. The van der Waals surface area contributed by atoms with Gasteiger partial charge in [-0.2, -0.15) is 0 Å². The van der Waals surface area contributed by atoms with Crippen LogP contribution in [0.4, 0.5) is 0 Å². The van der Waals surface area contributed by atoms with Gasteiger partial charge in [0.05, 0.1) is 37.5 Å². The molecule has 6 N–H and O–H groups in total. The van der Waals surface area contributed by atoms with E-state index >= 15 is 0 Å². The zero-order valence-corrected chi connectivity index (χ0v) is 14.6. The first-order valence-corrected chi connectivity index (χ1v) is 8.82. The van der Waals surface area contributed by atoms with Crippen molar-refractivity contribution < 1.29 is 40.1 Å². The summed E-state index contributed by atoms with van der Waals surface area (Å²) in [5, 5.41) is 66.0. The lowest BCUT2D eigenvalue weighted by atomic mass is 9.98. The molecule has 0 saturated carbocycles. The molecule has 0 unspecified atom stereocenters. The second kappa shape index (κ2) is 9.73. The lowest BCUT2D eigenvalue weighted by Crippen LogP contribution is -2.60. The summed E-state index contributed by atoms with van der Waals surface area (Å²) in [4.78, 5) is 5.11. The minimum atomic E-state index is -1.52. The van der Waals surface area contributed by atoms with E-state index in [1.807, 2.05) is 0 Å². The van der Waals surface area contributed by atoms with Gasteiger partial charge in [0.1, 0.15) is 35.3 Å². The van der Waals surface area contributed by atoms with Gasteiger partial charge >= 0.3 is 0 Å². The fourth-order valence-corrected chi connectivity index (χ4v) is 4.21. The minimum absolute atomic E-state index is 0.629. The van der Waals surface area contributed by atoms with Crippen molar-refractivity contribution in [1.29, 1.82) is 0 Å². The molecule has 0 aliphatic carbocycles. The van der Waals surface area contributed by atoms with Crippen LogP contribution in [-0.4, -0.2) is 103 Å². The Morgan fingerprint density at radius 1 is 0.741 bits per heavy atom. The Morgan fingerprint density at radius 2 is 1.11 bits per heavy atom. The fraction of sp³-hybridized carbons (Fsp3) is 1.00. The van der Waals surface area contributed by atoms with E-state index in [-0.39, 0.29) is 0 Å². The Bertz CT molecular complexity index is 554. The number of thioether (sulfide) groups is 1. The third kappa shape index (κ3) is 4.56. The van der Waals surface area contributed by atoms with Gasteiger partial charge < -0.3 is 40.1 Å². The maximum atomic E-state index is 10.3. The van der Waals surface area contributed by atoms with Crippen LogP contribution in [0.25, 0.3) is 20.9 Å². The molecule has 0 spiro atoms. The van der Waals surface area contributed by atoms with Crippen LogP contribution in [0, 0.1) is 0 Å². The first-order chi connectivity index (χ1) is 12.9. The third-order valence-corrected chi connectivity index (χ3v) is 5.65. The van der Waals surface area contributed by atoms with E-state index in [4.69, 9.17) is 20.5 Å². The van der Waals surface area contributed by atoms with E-state index < -0.39 is 72.8 Å². The molecular formula is C12H20N6O8S. The molecule has 152 valence electrons. The summed E-state index contributed by atoms with van der Waals surface area (Å²) in [7, 11) is 0. The number of hydrogen-bond donors (Lipinski definition) is 6. The van der Waals surface area contributed by atoms with Gasteiger partial charge in [-0.15, -0.1) is 0 Å². The third-order valence-electron chi connectivity index (χ3n) is 4.34. The predicted octanol–water partition coefficient (Wildman–Crippen LogP) is -2.04. The quantitative estimate of drug-likeness (QED) is 0.161. The van der Waals surface area contributed by atoms with Crippen LogP contribution in [0.5, 0.6) is 0 Å². The summed E-state index contributed by atoms with van der Waals surface area (Å²) in [5.41, 5.74) is 14.8. The summed E-state index contributed by atoms with van der Waals surface area (Å²) in [6.45, 7) is -1.26. The number of hydrogen-bond acceptors (Lipinski definition) is 11. The highest BCUT2D eigenvalue weighted by molar-refractivity contribution is 8.00. The Morgan fingerprint density at radius 3 is 1.41 bits per heavy atom. The van der Waals surface area contributed by atoms with E-state index in [1.54, 1.807) is 0 Å². The Kier molecular flexibility index (Phi) is 7.91. The standard InChI is InChI=1S/C12H20N6O8S/c13-17-15-5-7(21)3(1-19)25-11(9(5)23)27-12-10(24)6(16-18-14)8(22)4(2-20)26-12/h3-12,19-24H,1-2H2/t3-,4-,5-,6-,7+,8+,9-,10-,11+,12+/m1/s1. The van der Waals surface area contributed by atoms with Crippen molar-refractivity contribution in [3.8, 4) is 0 Å². The second-order valence-electron chi connectivity index (χ2n) is 5.94. The van der Waals surface area contributed by atoms with Crippen LogP contribution < -0.4 is 0 Å². The molecule has 2 aliphatic rings. The summed E-state index contributed by atoms with van der Waals surface area (Å²) in [6.07, 6.45) is -8.30. The highest BCUT2D eigenvalue weighted by Gasteiger charge is 2.49. The fourth-order valence-electron chi connectivity index (χ4n) is 2.88. The first kappa shape index (κ1) is 21.9. The van der Waals surface area contributed by atoms with Gasteiger partial charge in [-0.05, 0) is 11.1 Å². The van der Waals surface area contributed by atoms with E-state index in [9.17, 15) is 30.6 Å². The first-order valence-electron chi connectivity index (χ1n) is 7.88. The monoisotopic (exact) mass is 408 g/mol. The van der Waals surface area contributed by atoms with E-state index in [0.717, 1.165) is 0 Å². The van der Waals surface area contributed by atoms with Gasteiger partial charge in [-0.25, -0.2) is 0 Å². The molecule has 2 rings (SSSR count). The van der Waals surface area contributed by atoms with Crippen molar-refractivity contribution in [2.75, 3.05) is 13.2 Å². The highest BCUT2D eigenvalue weighted by atomic mass is 32.2. The summed E-state index contributed by atoms with van der Waals surface area (Å²) >= 11 is 0.704. The molecule has 0 aromatic heterocycles. The van der Waals surface area contributed by atoms with E-state index in [0.29, 0.717) is 11.8 Å². The zero-order valence-electron chi connectivity index (χ0n) is 13.8. The van der Waals surface area contributed by atoms with Gasteiger partial charge in [0, 0.05) is 9.82 Å². The lowest BCUT2D eigenvalue weighted by Gasteiger charge is -2.44. The molecule has 2 fully saturated rings. The Labute approximate surface area is 156 Å². The Balaban J connectivity index is 2.21. The summed E-state index contributed by atoms with van der Waals surface area (Å²) < 4.78 is 10.8. The van der Waals surface area contributed by atoms with Crippen molar-refractivity contribution in [3.63, 3.8) is 0 Å². The number of ether oxygens (including phenoxy) is 2. The van der Waals surface area contributed by atoms with E-state index in [1.165, 1.54) is 0 Å². The van der Waals surface area contributed by atoms with E-state index in [2.05, 4.69) is 20.1 Å². The number of aliphatic hydroxyl groups excluding tert-OH is 6. The van der Waals surface area contributed by atoms with Gasteiger partial charge in [0.25, 0.3) is 0 Å². The van der Waals surface area contributed by atoms with Gasteiger partial charge in [0.15, 0.2) is 0 Å². The molecule has 0 aromatic rings. The number of azide groups is 2. The molecular weight excluding hydrogens is 388 g/mol. The molecule has 0 radical (unpaired) electrons. The molecule has 0 bridgehead atoms. The molecule has 0 aromatic carbocycles. The minimum Gasteiger partial charge on any atom is -0.394 e. The van der Waals surface area contributed by atoms with Crippen LogP contribution in [0.1, 0.15) is 0 Å². The van der Waals surface area contributed by atoms with Crippen molar-refractivity contribution in [1.82, 2.24) is 0 Å². The van der Waals surface area contributed by atoms with Crippen molar-refractivity contribution >= 4 is 11.8 Å².